The van der Waals surface area contributed by atoms with Crippen molar-refractivity contribution in [3.63, 3.8) is 0 Å². The molecule has 1 heterocycles. The van der Waals surface area contributed by atoms with Crippen molar-refractivity contribution in [1.82, 2.24) is 5.16 Å². The summed E-state index contributed by atoms with van der Waals surface area (Å²) in [6, 6.07) is 14.5. The van der Waals surface area contributed by atoms with E-state index >= 15 is 0 Å². The Balaban J connectivity index is 2.00. The molecule has 0 bridgehead atoms. The van der Waals surface area contributed by atoms with E-state index in [2.05, 4.69) is 9.88 Å². The van der Waals surface area contributed by atoms with Gasteiger partial charge in [0.1, 0.15) is 10.6 Å². The predicted molar refractivity (Wildman–Crippen MR) is 95.2 cm³/mol. The maximum Gasteiger partial charge on any atom is 0.265 e. The summed E-state index contributed by atoms with van der Waals surface area (Å²) in [7, 11) is -2.52. The Kier molecular flexibility index (Phi) is 4.65. The Hall–Kier alpha value is -3.31. The highest BCUT2D eigenvalue weighted by Gasteiger charge is 2.21. The molecule has 0 atom stereocenters. The number of nitriles is 1. The Bertz CT molecular complexity index is 1080. The molecule has 0 amide bonds. The van der Waals surface area contributed by atoms with Crippen LogP contribution in [-0.2, 0) is 10.0 Å². The number of anilines is 1. The van der Waals surface area contributed by atoms with Crippen LogP contribution < -0.4 is 9.46 Å². The van der Waals surface area contributed by atoms with E-state index in [1.54, 1.807) is 25.1 Å². The molecule has 0 unspecified atom stereocenters. The van der Waals surface area contributed by atoms with E-state index in [0.29, 0.717) is 28.3 Å². The van der Waals surface area contributed by atoms with Crippen LogP contribution in [0.3, 0.4) is 0 Å². The minimum atomic E-state index is -3.92. The molecule has 0 aliphatic carbocycles. The van der Waals surface area contributed by atoms with Gasteiger partial charge in [0.2, 0.25) is 0 Å². The molecule has 0 radical (unpaired) electrons. The molecule has 1 N–H and O–H groups in total. The zero-order valence-corrected chi connectivity index (χ0v) is 14.9. The summed E-state index contributed by atoms with van der Waals surface area (Å²) in [6.45, 7) is 1.78. The lowest BCUT2D eigenvalue weighted by atomic mass is 10.1. The summed E-state index contributed by atoms with van der Waals surface area (Å²) in [5.74, 6) is 0.658. The number of hydrogen-bond donors (Lipinski definition) is 1. The van der Waals surface area contributed by atoms with Crippen molar-refractivity contribution in [2.24, 2.45) is 0 Å². The van der Waals surface area contributed by atoms with Crippen LogP contribution in [0.1, 0.15) is 11.3 Å². The monoisotopic (exact) mass is 369 g/mol. The van der Waals surface area contributed by atoms with Crippen molar-refractivity contribution in [2.45, 2.75) is 11.8 Å². The third-order valence-electron chi connectivity index (χ3n) is 3.63. The van der Waals surface area contributed by atoms with Crippen molar-refractivity contribution in [3.05, 3.63) is 59.8 Å². The molecule has 0 saturated heterocycles. The maximum atomic E-state index is 12.8. The fourth-order valence-corrected chi connectivity index (χ4v) is 3.62. The van der Waals surface area contributed by atoms with Crippen LogP contribution in [0, 0.1) is 18.3 Å². The van der Waals surface area contributed by atoms with Gasteiger partial charge < -0.3 is 9.26 Å². The van der Waals surface area contributed by atoms with Crippen LogP contribution in [-0.4, -0.2) is 20.7 Å². The second kappa shape index (κ2) is 6.90. The summed E-state index contributed by atoms with van der Waals surface area (Å²) in [5, 5.41) is 12.6. The number of sulfonamides is 1. The van der Waals surface area contributed by atoms with Gasteiger partial charge in [0.15, 0.2) is 5.76 Å². The normalized spacial score (nSPS) is 11.0. The van der Waals surface area contributed by atoms with E-state index in [0.717, 1.165) is 0 Å². The van der Waals surface area contributed by atoms with Crippen molar-refractivity contribution < 1.29 is 17.7 Å². The van der Waals surface area contributed by atoms with Crippen LogP contribution in [0.4, 0.5) is 5.69 Å². The van der Waals surface area contributed by atoms with Gasteiger partial charge in [-0.1, -0.05) is 5.16 Å². The van der Waals surface area contributed by atoms with Crippen LogP contribution in [0.15, 0.2) is 57.9 Å². The molecule has 2 aromatic carbocycles. The Labute approximate surface area is 150 Å². The van der Waals surface area contributed by atoms with Gasteiger partial charge in [-0.2, -0.15) is 5.26 Å². The molecule has 3 rings (SSSR count). The lowest BCUT2D eigenvalue weighted by molar-refractivity contribution is 0.402. The average molecular weight is 369 g/mol. The number of aromatic nitrogens is 1. The van der Waals surface area contributed by atoms with Gasteiger partial charge in [-0.3, -0.25) is 4.72 Å². The smallest absolute Gasteiger partial charge is 0.265 e. The molecule has 0 saturated carbocycles. The van der Waals surface area contributed by atoms with Crippen molar-refractivity contribution in [2.75, 3.05) is 11.8 Å². The number of nitrogens with zero attached hydrogens (tertiary/aromatic N) is 2. The topological polar surface area (TPSA) is 105 Å². The summed E-state index contributed by atoms with van der Waals surface area (Å²) in [5.41, 5.74) is 2.03. The van der Waals surface area contributed by atoms with E-state index in [4.69, 9.17) is 14.5 Å². The fourth-order valence-electron chi connectivity index (χ4n) is 2.36. The minimum Gasteiger partial charge on any atom is -0.495 e. The molecule has 8 heteroatoms. The lowest BCUT2D eigenvalue weighted by Crippen LogP contribution is -2.14. The number of aryl methyl sites for hydroxylation is 1. The Morgan fingerprint density at radius 1 is 1.15 bits per heavy atom. The molecule has 132 valence electrons. The molecule has 0 aliphatic heterocycles. The van der Waals surface area contributed by atoms with E-state index in [1.165, 1.54) is 37.4 Å². The maximum absolute atomic E-state index is 12.8. The van der Waals surface area contributed by atoms with Crippen molar-refractivity contribution in [3.8, 4) is 23.1 Å². The van der Waals surface area contributed by atoms with Gasteiger partial charge in [0, 0.05) is 17.3 Å². The number of ether oxygens (including phenoxy) is 1. The van der Waals surface area contributed by atoms with Gasteiger partial charge in [0.05, 0.1) is 24.4 Å². The number of methoxy groups -OCH3 is 1. The van der Waals surface area contributed by atoms with Crippen LogP contribution >= 0.6 is 0 Å². The first-order chi connectivity index (χ1) is 12.4. The lowest BCUT2D eigenvalue weighted by Gasteiger charge is -2.12. The molecular weight excluding hydrogens is 354 g/mol. The molecule has 1 aromatic heterocycles. The predicted octanol–water partition coefficient (Wildman–Crippen LogP) is 3.33. The van der Waals surface area contributed by atoms with E-state index in [9.17, 15) is 8.42 Å². The van der Waals surface area contributed by atoms with E-state index < -0.39 is 10.0 Å². The fraction of sp³-hybridized carbons (Fsp3) is 0.111. The van der Waals surface area contributed by atoms with Crippen LogP contribution in [0.2, 0.25) is 0 Å². The summed E-state index contributed by atoms with van der Waals surface area (Å²) in [4.78, 5) is -0.0316. The first-order valence-electron chi connectivity index (χ1n) is 7.57. The van der Waals surface area contributed by atoms with Crippen LogP contribution in [0.5, 0.6) is 5.75 Å². The van der Waals surface area contributed by atoms with Crippen molar-refractivity contribution >= 4 is 15.7 Å². The van der Waals surface area contributed by atoms with Gasteiger partial charge in [0.25, 0.3) is 10.0 Å². The Morgan fingerprint density at radius 2 is 1.88 bits per heavy atom. The summed E-state index contributed by atoms with van der Waals surface area (Å²) < 4.78 is 38.5. The third-order valence-corrected chi connectivity index (χ3v) is 5.03. The quantitative estimate of drug-likeness (QED) is 0.739. The number of benzene rings is 2. The zero-order valence-electron chi connectivity index (χ0n) is 14.1. The van der Waals surface area contributed by atoms with Gasteiger partial charge in [-0.25, -0.2) is 8.42 Å². The standard InChI is InChI=1S/C18H15N3O4S/c1-12-9-17(25-20-12)14-5-8-16(24-2)18(10-14)26(22,23)21-15-6-3-13(11-19)4-7-15/h3-10,21H,1-2H3. The Morgan fingerprint density at radius 3 is 2.46 bits per heavy atom. The molecular formula is C18H15N3O4S. The molecule has 0 fully saturated rings. The number of rotatable bonds is 5. The first-order valence-corrected chi connectivity index (χ1v) is 9.06. The number of nitrogens with one attached hydrogen (secondary N) is 1. The van der Waals surface area contributed by atoms with Gasteiger partial charge >= 0.3 is 0 Å². The van der Waals surface area contributed by atoms with E-state index in [1.807, 2.05) is 6.07 Å². The van der Waals surface area contributed by atoms with Gasteiger partial charge in [-0.15, -0.1) is 0 Å². The SMILES string of the molecule is COc1ccc(-c2cc(C)no2)cc1S(=O)(=O)Nc1ccc(C#N)cc1. The highest BCUT2D eigenvalue weighted by Crippen LogP contribution is 2.31. The zero-order chi connectivity index (χ0) is 18.7. The molecule has 0 aliphatic rings. The largest absolute Gasteiger partial charge is 0.495 e. The molecule has 3 aromatic rings. The summed E-state index contributed by atoms with van der Waals surface area (Å²) in [6.07, 6.45) is 0. The second-order valence-electron chi connectivity index (χ2n) is 5.49. The average Bonchev–Trinajstić information content (AvgIpc) is 3.08. The molecule has 7 nitrogen and oxygen atoms in total. The molecule has 0 spiro atoms. The van der Waals surface area contributed by atoms with Gasteiger partial charge in [-0.05, 0) is 49.4 Å². The minimum absolute atomic E-state index is 0.0316. The highest BCUT2D eigenvalue weighted by molar-refractivity contribution is 7.92. The van der Waals surface area contributed by atoms with E-state index in [-0.39, 0.29) is 10.6 Å². The summed E-state index contributed by atoms with van der Waals surface area (Å²) >= 11 is 0. The van der Waals surface area contributed by atoms with Crippen LogP contribution in [0.25, 0.3) is 11.3 Å². The third kappa shape index (κ3) is 3.53. The highest BCUT2D eigenvalue weighted by atomic mass is 32.2. The molecule has 26 heavy (non-hydrogen) atoms. The number of hydrogen-bond acceptors (Lipinski definition) is 6. The second-order valence-corrected chi connectivity index (χ2v) is 7.14. The van der Waals surface area contributed by atoms with Crippen molar-refractivity contribution in [1.29, 1.82) is 5.26 Å². The first kappa shape index (κ1) is 17.5.